The second-order valence-electron chi connectivity index (χ2n) is 5.12. The number of rotatable bonds is 3. The summed E-state index contributed by atoms with van der Waals surface area (Å²) >= 11 is 1.83. The van der Waals surface area contributed by atoms with Crippen molar-refractivity contribution in [2.75, 3.05) is 24.7 Å². The second-order valence-corrected chi connectivity index (χ2v) is 6.20. The Morgan fingerprint density at radius 2 is 2.06 bits per heavy atom. The third-order valence-electron chi connectivity index (χ3n) is 2.47. The van der Waals surface area contributed by atoms with Gasteiger partial charge in [-0.15, -0.1) is 0 Å². The molecule has 0 unspecified atom stereocenters. The van der Waals surface area contributed by atoms with E-state index in [1.807, 2.05) is 32.5 Å². The van der Waals surface area contributed by atoms with Gasteiger partial charge in [0.15, 0.2) is 0 Å². The van der Waals surface area contributed by atoms with E-state index in [1.165, 1.54) is 0 Å². The SMILES string of the molecule is CC(C)(C)OC(=O)NC[C@@H]1CSC[C@H]1CO. The number of thioether (sulfide) groups is 1. The normalized spacial score (nSPS) is 25.5. The lowest BCUT2D eigenvalue weighted by molar-refractivity contribution is 0.0513. The number of hydrogen-bond donors (Lipinski definition) is 2. The highest BCUT2D eigenvalue weighted by atomic mass is 32.2. The molecular formula is C11H21NO3S. The summed E-state index contributed by atoms with van der Waals surface area (Å²) in [5.41, 5.74) is -0.453. The minimum atomic E-state index is -0.453. The minimum Gasteiger partial charge on any atom is -0.444 e. The number of ether oxygens (including phenoxy) is 1. The van der Waals surface area contributed by atoms with E-state index in [0.717, 1.165) is 11.5 Å². The summed E-state index contributed by atoms with van der Waals surface area (Å²) in [6.45, 7) is 6.32. The first-order valence-electron chi connectivity index (χ1n) is 5.58. The Bertz CT molecular complexity index is 240. The molecule has 4 nitrogen and oxygen atoms in total. The topological polar surface area (TPSA) is 58.6 Å². The molecule has 5 heteroatoms. The van der Waals surface area contributed by atoms with Gasteiger partial charge in [-0.25, -0.2) is 4.79 Å². The van der Waals surface area contributed by atoms with E-state index in [4.69, 9.17) is 9.84 Å². The number of alkyl carbamates (subject to hydrolysis) is 1. The Morgan fingerprint density at radius 1 is 1.44 bits per heavy atom. The van der Waals surface area contributed by atoms with E-state index in [9.17, 15) is 4.79 Å². The molecule has 0 radical (unpaired) electrons. The van der Waals surface area contributed by atoms with Gasteiger partial charge in [-0.05, 0) is 44.1 Å². The summed E-state index contributed by atoms with van der Waals surface area (Å²) in [5.74, 6) is 2.65. The Hall–Kier alpha value is -0.420. The van der Waals surface area contributed by atoms with Crippen molar-refractivity contribution in [1.29, 1.82) is 0 Å². The van der Waals surface area contributed by atoms with Crippen molar-refractivity contribution in [2.45, 2.75) is 26.4 Å². The van der Waals surface area contributed by atoms with Gasteiger partial charge in [-0.1, -0.05) is 0 Å². The molecule has 2 atom stereocenters. The fourth-order valence-electron chi connectivity index (χ4n) is 1.60. The molecule has 1 heterocycles. The molecule has 0 aromatic heterocycles. The predicted octanol–water partition coefficient (Wildman–Crippen LogP) is 1.48. The third kappa shape index (κ3) is 4.61. The summed E-state index contributed by atoms with van der Waals surface area (Å²) in [7, 11) is 0. The number of aliphatic hydroxyl groups excluding tert-OH is 1. The van der Waals surface area contributed by atoms with Crippen LogP contribution in [-0.2, 0) is 4.74 Å². The van der Waals surface area contributed by atoms with Crippen molar-refractivity contribution in [3.8, 4) is 0 Å². The summed E-state index contributed by atoms with van der Waals surface area (Å²) < 4.78 is 5.15. The van der Waals surface area contributed by atoms with Gasteiger partial charge >= 0.3 is 6.09 Å². The summed E-state index contributed by atoms with van der Waals surface area (Å²) in [6, 6.07) is 0. The van der Waals surface area contributed by atoms with Crippen molar-refractivity contribution in [3.05, 3.63) is 0 Å². The predicted molar refractivity (Wildman–Crippen MR) is 65.6 cm³/mol. The highest BCUT2D eigenvalue weighted by Gasteiger charge is 2.28. The highest BCUT2D eigenvalue weighted by Crippen LogP contribution is 2.28. The van der Waals surface area contributed by atoms with Crippen LogP contribution in [0.4, 0.5) is 4.79 Å². The van der Waals surface area contributed by atoms with Gasteiger partial charge in [0.1, 0.15) is 5.60 Å². The quantitative estimate of drug-likeness (QED) is 0.793. The van der Waals surface area contributed by atoms with Crippen LogP contribution in [-0.4, -0.2) is 41.5 Å². The maximum Gasteiger partial charge on any atom is 0.407 e. The molecule has 16 heavy (non-hydrogen) atoms. The van der Waals surface area contributed by atoms with Crippen molar-refractivity contribution < 1.29 is 14.6 Å². The third-order valence-corrected chi connectivity index (χ3v) is 3.80. The molecule has 0 bridgehead atoms. The van der Waals surface area contributed by atoms with E-state index in [-0.39, 0.29) is 12.7 Å². The standard InChI is InChI=1S/C11H21NO3S/c1-11(2,3)15-10(14)12-4-8-6-16-7-9(8)5-13/h8-9,13H,4-7H2,1-3H3,(H,12,14)/t8-,9-/m1/s1. The fourth-order valence-corrected chi connectivity index (χ4v) is 3.11. The van der Waals surface area contributed by atoms with E-state index in [1.54, 1.807) is 0 Å². The molecule has 0 aromatic rings. The minimum absolute atomic E-state index is 0.202. The number of hydrogen-bond acceptors (Lipinski definition) is 4. The number of amides is 1. The van der Waals surface area contributed by atoms with E-state index in [2.05, 4.69) is 5.32 Å². The molecule has 1 fully saturated rings. The fraction of sp³-hybridized carbons (Fsp3) is 0.909. The van der Waals surface area contributed by atoms with Gasteiger partial charge in [-0.3, -0.25) is 0 Å². The summed E-state index contributed by atoms with van der Waals surface area (Å²) in [6.07, 6.45) is -0.374. The largest absolute Gasteiger partial charge is 0.444 e. The van der Waals surface area contributed by atoms with Crippen LogP contribution in [0.1, 0.15) is 20.8 Å². The second kappa shape index (κ2) is 5.77. The molecule has 1 rings (SSSR count). The Kier molecular flexibility index (Phi) is 4.92. The maximum atomic E-state index is 11.4. The first-order chi connectivity index (χ1) is 7.42. The van der Waals surface area contributed by atoms with Gasteiger partial charge in [0.05, 0.1) is 0 Å². The number of carbonyl (C=O) groups is 1. The van der Waals surface area contributed by atoms with Crippen molar-refractivity contribution >= 4 is 17.9 Å². The van der Waals surface area contributed by atoms with Crippen LogP contribution in [0.25, 0.3) is 0 Å². The Morgan fingerprint density at radius 3 is 2.62 bits per heavy atom. The average Bonchev–Trinajstić information content (AvgIpc) is 2.59. The molecular weight excluding hydrogens is 226 g/mol. The molecule has 0 aromatic carbocycles. The molecule has 0 aliphatic carbocycles. The van der Waals surface area contributed by atoms with Crippen LogP contribution in [0.15, 0.2) is 0 Å². The lowest BCUT2D eigenvalue weighted by Crippen LogP contribution is -2.37. The zero-order chi connectivity index (χ0) is 12.2. The Balaban J connectivity index is 2.26. The van der Waals surface area contributed by atoms with Gasteiger partial charge in [0.25, 0.3) is 0 Å². The highest BCUT2D eigenvalue weighted by molar-refractivity contribution is 7.99. The van der Waals surface area contributed by atoms with Crippen LogP contribution < -0.4 is 5.32 Å². The van der Waals surface area contributed by atoms with Crippen molar-refractivity contribution in [3.63, 3.8) is 0 Å². The Labute approximate surface area is 101 Å². The summed E-state index contributed by atoms with van der Waals surface area (Å²) in [5, 5.41) is 11.9. The molecule has 94 valence electrons. The van der Waals surface area contributed by atoms with Gasteiger partial charge in [-0.2, -0.15) is 11.8 Å². The van der Waals surface area contributed by atoms with Crippen LogP contribution in [0, 0.1) is 11.8 Å². The molecule has 1 amide bonds. The molecule has 1 aliphatic heterocycles. The molecule has 2 N–H and O–H groups in total. The van der Waals surface area contributed by atoms with Gasteiger partial charge in [0.2, 0.25) is 0 Å². The molecule has 0 saturated carbocycles. The van der Waals surface area contributed by atoms with Crippen LogP contribution in [0.5, 0.6) is 0 Å². The molecule has 1 aliphatic rings. The van der Waals surface area contributed by atoms with E-state index in [0.29, 0.717) is 18.4 Å². The smallest absolute Gasteiger partial charge is 0.407 e. The lowest BCUT2D eigenvalue weighted by atomic mass is 9.97. The maximum absolute atomic E-state index is 11.4. The zero-order valence-corrected chi connectivity index (χ0v) is 11.0. The number of carbonyl (C=O) groups excluding carboxylic acids is 1. The van der Waals surface area contributed by atoms with Crippen molar-refractivity contribution in [2.24, 2.45) is 11.8 Å². The van der Waals surface area contributed by atoms with Gasteiger partial charge in [0, 0.05) is 13.2 Å². The summed E-state index contributed by atoms with van der Waals surface area (Å²) in [4.78, 5) is 11.4. The van der Waals surface area contributed by atoms with Crippen LogP contribution in [0.2, 0.25) is 0 Å². The molecule has 1 saturated heterocycles. The zero-order valence-electron chi connectivity index (χ0n) is 10.2. The van der Waals surface area contributed by atoms with E-state index < -0.39 is 5.60 Å². The van der Waals surface area contributed by atoms with Crippen LogP contribution >= 0.6 is 11.8 Å². The first kappa shape index (κ1) is 13.6. The van der Waals surface area contributed by atoms with Gasteiger partial charge < -0.3 is 15.2 Å². The number of aliphatic hydroxyl groups is 1. The van der Waals surface area contributed by atoms with Crippen LogP contribution in [0.3, 0.4) is 0 Å². The first-order valence-corrected chi connectivity index (χ1v) is 6.73. The monoisotopic (exact) mass is 247 g/mol. The lowest BCUT2D eigenvalue weighted by Gasteiger charge is -2.21. The van der Waals surface area contributed by atoms with E-state index >= 15 is 0 Å². The average molecular weight is 247 g/mol. The van der Waals surface area contributed by atoms with Crippen molar-refractivity contribution in [1.82, 2.24) is 5.32 Å². The number of nitrogens with one attached hydrogen (secondary N) is 1. The molecule has 0 spiro atoms.